The first-order valence-corrected chi connectivity index (χ1v) is 6.52. The molecule has 0 aliphatic heterocycles. The minimum atomic E-state index is 0.425. The van der Waals surface area contributed by atoms with Crippen LogP contribution in [0.5, 0.6) is 0 Å². The lowest BCUT2D eigenvalue weighted by atomic mass is 10.2. The Balaban J connectivity index is 2.62. The molecule has 1 aromatic heterocycles. The molecule has 2 N–H and O–H groups in total. The normalized spacial score (nSPS) is 12.6. The van der Waals surface area contributed by atoms with Crippen LogP contribution < -0.4 is 10.6 Å². The van der Waals surface area contributed by atoms with E-state index >= 15 is 0 Å². The lowest BCUT2D eigenvalue weighted by Crippen LogP contribution is -2.22. The van der Waals surface area contributed by atoms with Crippen molar-refractivity contribution in [3.05, 3.63) is 11.8 Å². The first-order valence-electron chi connectivity index (χ1n) is 6.52. The van der Waals surface area contributed by atoms with Crippen molar-refractivity contribution in [3.8, 4) is 0 Å². The molecule has 0 fully saturated rings. The van der Waals surface area contributed by atoms with Crippen molar-refractivity contribution in [2.24, 2.45) is 0 Å². The molecule has 102 valence electrons. The third kappa shape index (κ3) is 5.31. The van der Waals surface area contributed by atoms with Gasteiger partial charge < -0.3 is 15.5 Å². The molecule has 0 saturated carbocycles. The Morgan fingerprint density at radius 3 is 2.67 bits per heavy atom. The van der Waals surface area contributed by atoms with E-state index in [0.717, 1.165) is 31.0 Å². The Hall–Kier alpha value is -1.36. The number of hydrogen-bond acceptors (Lipinski definition) is 5. The lowest BCUT2D eigenvalue weighted by molar-refractivity contribution is 0.425. The van der Waals surface area contributed by atoms with Crippen LogP contribution in [0.1, 0.15) is 26.0 Å². The highest BCUT2D eigenvalue weighted by molar-refractivity contribution is 5.42. The molecule has 5 nitrogen and oxygen atoms in total. The monoisotopic (exact) mass is 251 g/mol. The Bertz CT molecular complexity index is 364. The van der Waals surface area contributed by atoms with Crippen LogP contribution in [-0.2, 0) is 0 Å². The molecule has 1 aromatic rings. The van der Waals surface area contributed by atoms with Gasteiger partial charge in [-0.3, -0.25) is 0 Å². The summed E-state index contributed by atoms with van der Waals surface area (Å²) in [5.41, 5.74) is 0.975. The van der Waals surface area contributed by atoms with Crippen molar-refractivity contribution in [2.75, 3.05) is 37.8 Å². The molecule has 0 saturated heterocycles. The van der Waals surface area contributed by atoms with Gasteiger partial charge in [0.2, 0.25) is 5.95 Å². The first kappa shape index (κ1) is 14.7. The largest absolute Gasteiger partial charge is 0.367 e. The number of nitrogens with one attached hydrogen (secondary N) is 2. The van der Waals surface area contributed by atoms with Crippen LogP contribution in [0.25, 0.3) is 0 Å². The summed E-state index contributed by atoms with van der Waals surface area (Å²) in [6, 6.07) is 2.40. The molecule has 0 aromatic carbocycles. The maximum atomic E-state index is 4.47. The molecule has 0 amide bonds. The summed E-state index contributed by atoms with van der Waals surface area (Å²) < 4.78 is 0. The number of anilines is 2. The minimum Gasteiger partial charge on any atom is -0.367 e. The molecular weight excluding hydrogens is 226 g/mol. The topological polar surface area (TPSA) is 53.1 Å². The molecule has 5 heteroatoms. The second kappa shape index (κ2) is 7.16. The molecule has 0 aliphatic carbocycles. The van der Waals surface area contributed by atoms with E-state index in [1.807, 2.05) is 13.0 Å². The van der Waals surface area contributed by atoms with Crippen molar-refractivity contribution in [1.82, 2.24) is 14.9 Å². The molecule has 1 atom stereocenters. The van der Waals surface area contributed by atoms with Crippen LogP contribution in [0, 0.1) is 6.92 Å². The molecule has 1 heterocycles. The SMILES string of the molecule is CCC(C)Nc1cc(C)nc(NCCN(C)C)n1. The fourth-order valence-electron chi connectivity index (χ4n) is 1.47. The number of hydrogen-bond donors (Lipinski definition) is 2. The van der Waals surface area contributed by atoms with Gasteiger partial charge in [-0.05, 0) is 34.4 Å². The number of nitrogens with zero attached hydrogens (tertiary/aromatic N) is 3. The van der Waals surface area contributed by atoms with Crippen LogP contribution in [-0.4, -0.2) is 48.1 Å². The predicted molar refractivity (Wildman–Crippen MR) is 77.2 cm³/mol. The summed E-state index contributed by atoms with van der Waals surface area (Å²) in [6.45, 7) is 8.10. The van der Waals surface area contributed by atoms with Crippen LogP contribution >= 0.6 is 0 Å². The van der Waals surface area contributed by atoms with Crippen LogP contribution in [0.2, 0.25) is 0 Å². The summed E-state index contributed by atoms with van der Waals surface area (Å²) in [7, 11) is 4.10. The highest BCUT2D eigenvalue weighted by Gasteiger charge is 2.04. The zero-order valence-electron chi connectivity index (χ0n) is 12.1. The van der Waals surface area contributed by atoms with E-state index in [1.165, 1.54) is 0 Å². The van der Waals surface area contributed by atoms with Crippen LogP contribution in [0.3, 0.4) is 0 Å². The van der Waals surface area contributed by atoms with Crippen LogP contribution in [0.4, 0.5) is 11.8 Å². The van der Waals surface area contributed by atoms with Gasteiger partial charge in [0.25, 0.3) is 0 Å². The molecule has 0 radical (unpaired) electrons. The van der Waals surface area contributed by atoms with E-state index < -0.39 is 0 Å². The summed E-state index contributed by atoms with van der Waals surface area (Å²) in [6.07, 6.45) is 1.08. The van der Waals surface area contributed by atoms with Gasteiger partial charge in [0.05, 0.1) is 0 Å². The second-order valence-electron chi connectivity index (χ2n) is 4.90. The molecule has 1 rings (SSSR count). The summed E-state index contributed by atoms with van der Waals surface area (Å²) in [4.78, 5) is 11.0. The van der Waals surface area contributed by atoms with Gasteiger partial charge in [-0.15, -0.1) is 0 Å². The maximum Gasteiger partial charge on any atom is 0.224 e. The average molecular weight is 251 g/mol. The van der Waals surface area contributed by atoms with Gasteiger partial charge >= 0.3 is 0 Å². The third-order valence-corrected chi connectivity index (χ3v) is 2.70. The lowest BCUT2D eigenvalue weighted by Gasteiger charge is -2.14. The van der Waals surface area contributed by atoms with E-state index in [-0.39, 0.29) is 0 Å². The fourth-order valence-corrected chi connectivity index (χ4v) is 1.47. The third-order valence-electron chi connectivity index (χ3n) is 2.70. The van der Waals surface area contributed by atoms with Crippen LogP contribution in [0.15, 0.2) is 6.07 Å². The van der Waals surface area contributed by atoms with Crippen molar-refractivity contribution in [2.45, 2.75) is 33.2 Å². The Kier molecular flexibility index (Phi) is 5.85. The van der Waals surface area contributed by atoms with Crippen molar-refractivity contribution < 1.29 is 0 Å². The highest BCUT2D eigenvalue weighted by atomic mass is 15.2. The van der Waals surface area contributed by atoms with E-state index in [2.05, 4.69) is 53.4 Å². The second-order valence-corrected chi connectivity index (χ2v) is 4.90. The van der Waals surface area contributed by atoms with Crippen molar-refractivity contribution in [1.29, 1.82) is 0 Å². The van der Waals surface area contributed by atoms with E-state index in [4.69, 9.17) is 0 Å². The zero-order chi connectivity index (χ0) is 13.5. The maximum absolute atomic E-state index is 4.47. The smallest absolute Gasteiger partial charge is 0.224 e. The summed E-state index contributed by atoms with van der Waals surface area (Å²) in [5.74, 6) is 1.59. The Morgan fingerprint density at radius 1 is 1.33 bits per heavy atom. The summed E-state index contributed by atoms with van der Waals surface area (Å²) in [5, 5.41) is 6.62. The minimum absolute atomic E-state index is 0.425. The van der Waals surface area contributed by atoms with Gasteiger partial charge in [-0.1, -0.05) is 6.92 Å². The van der Waals surface area contributed by atoms with Gasteiger partial charge in [0, 0.05) is 30.9 Å². The predicted octanol–water partition coefficient (Wildman–Crippen LogP) is 1.97. The fraction of sp³-hybridized carbons (Fsp3) is 0.692. The number of likely N-dealkylation sites (N-methyl/N-ethyl adjacent to an activating group) is 1. The van der Waals surface area contributed by atoms with Gasteiger partial charge in [0.15, 0.2) is 0 Å². The van der Waals surface area contributed by atoms with Gasteiger partial charge in [-0.25, -0.2) is 4.98 Å². The van der Waals surface area contributed by atoms with Gasteiger partial charge in [-0.2, -0.15) is 4.98 Å². The molecule has 1 unspecified atom stereocenters. The first-order chi connectivity index (χ1) is 8.51. The van der Waals surface area contributed by atoms with Gasteiger partial charge in [0.1, 0.15) is 5.82 Å². The van der Waals surface area contributed by atoms with Crippen molar-refractivity contribution >= 4 is 11.8 Å². The highest BCUT2D eigenvalue weighted by Crippen LogP contribution is 2.11. The quantitative estimate of drug-likeness (QED) is 0.776. The Morgan fingerprint density at radius 2 is 2.06 bits per heavy atom. The standard InChI is InChI=1S/C13H25N5/c1-6-10(2)15-12-9-11(3)16-13(17-12)14-7-8-18(4)5/h9-10H,6-8H2,1-5H3,(H2,14,15,16,17). The van der Waals surface area contributed by atoms with E-state index in [0.29, 0.717) is 12.0 Å². The Labute approximate surface area is 110 Å². The number of rotatable bonds is 7. The molecule has 0 spiro atoms. The number of aryl methyl sites for hydroxylation is 1. The molecule has 0 aliphatic rings. The molecule has 18 heavy (non-hydrogen) atoms. The average Bonchev–Trinajstić information content (AvgIpc) is 2.27. The van der Waals surface area contributed by atoms with E-state index in [1.54, 1.807) is 0 Å². The molecule has 0 bridgehead atoms. The van der Waals surface area contributed by atoms with E-state index in [9.17, 15) is 0 Å². The van der Waals surface area contributed by atoms with Crippen molar-refractivity contribution in [3.63, 3.8) is 0 Å². The summed E-state index contributed by atoms with van der Waals surface area (Å²) >= 11 is 0. The molecular formula is C13H25N5. The zero-order valence-corrected chi connectivity index (χ0v) is 12.1. The number of aromatic nitrogens is 2.